The Kier molecular flexibility index (Phi) is 7.39. The summed E-state index contributed by atoms with van der Waals surface area (Å²) in [6.07, 6.45) is 1.98. The van der Waals surface area contributed by atoms with Gasteiger partial charge in [0.05, 0.1) is 13.2 Å². The summed E-state index contributed by atoms with van der Waals surface area (Å²) in [6.45, 7) is 9.73. The number of likely N-dealkylation sites (tertiary alicyclic amines) is 1. The number of hydrogen-bond acceptors (Lipinski definition) is 5. The molecule has 2 fully saturated rings. The number of benzene rings is 1. The Bertz CT molecular complexity index is 934. The Morgan fingerprint density at radius 2 is 1.85 bits per heavy atom. The fraction of sp³-hybridized carbons (Fsp3) is 0.538. The lowest BCUT2D eigenvalue weighted by Gasteiger charge is -2.51. The first-order chi connectivity index (χ1) is 15.9. The number of piperidine rings is 1. The Labute approximate surface area is 200 Å². The van der Waals surface area contributed by atoms with E-state index in [-0.39, 0.29) is 11.8 Å². The minimum Gasteiger partial charge on any atom is -0.494 e. The maximum atomic E-state index is 13.6. The molecule has 0 saturated carbocycles. The summed E-state index contributed by atoms with van der Waals surface area (Å²) in [4.78, 5) is 32.4. The normalized spacial score (nSPS) is 21.0. The number of piperazine rings is 1. The van der Waals surface area contributed by atoms with Gasteiger partial charge >= 0.3 is 0 Å². The third-order valence-electron chi connectivity index (χ3n) is 6.73. The molecule has 1 atom stereocenters. The first-order valence-corrected chi connectivity index (χ1v) is 12.9. The minimum absolute atomic E-state index is 0.0185. The van der Waals surface area contributed by atoms with Gasteiger partial charge in [0.15, 0.2) is 0 Å². The molecule has 7 heteroatoms. The fourth-order valence-corrected chi connectivity index (χ4v) is 5.68. The SMILES string of the molecule is CCOc1ccc(CN2CCC3(CC2)C(=O)NC(CC(C)C)C(=O)N3Cc2cccs2)cc1. The first kappa shape index (κ1) is 23.8. The van der Waals surface area contributed by atoms with E-state index in [1.165, 1.54) is 5.56 Å². The second-order valence-electron chi connectivity index (χ2n) is 9.54. The zero-order chi connectivity index (χ0) is 23.4. The molecule has 2 aliphatic rings. The average molecular weight is 470 g/mol. The highest BCUT2D eigenvalue weighted by molar-refractivity contribution is 7.09. The number of thiophene rings is 1. The lowest BCUT2D eigenvalue weighted by atomic mass is 9.80. The van der Waals surface area contributed by atoms with Crippen LogP contribution < -0.4 is 10.1 Å². The van der Waals surface area contributed by atoms with Crippen LogP contribution >= 0.6 is 11.3 Å². The Balaban J connectivity index is 1.48. The molecule has 0 aliphatic carbocycles. The molecule has 6 nitrogen and oxygen atoms in total. The van der Waals surface area contributed by atoms with Crippen LogP contribution in [0.4, 0.5) is 0 Å². The fourth-order valence-electron chi connectivity index (χ4n) is 4.99. The van der Waals surface area contributed by atoms with Gasteiger partial charge in [0.1, 0.15) is 17.3 Å². The lowest BCUT2D eigenvalue weighted by Crippen LogP contribution is -2.72. The van der Waals surface area contributed by atoms with Crippen LogP contribution in [0.2, 0.25) is 0 Å². The van der Waals surface area contributed by atoms with E-state index in [0.717, 1.165) is 30.3 Å². The zero-order valence-corrected chi connectivity index (χ0v) is 20.7. The van der Waals surface area contributed by atoms with Crippen molar-refractivity contribution in [2.75, 3.05) is 19.7 Å². The maximum Gasteiger partial charge on any atom is 0.246 e. The van der Waals surface area contributed by atoms with Gasteiger partial charge in [-0.05, 0) is 61.2 Å². The third-order valence-corrected chi connectivity index (χ3v) is 7.59. The van der Waals surface area contributed by atoms with E-state index in [1.54, 1.807) is 11.3 Å². The van der Waals surface area contributed by atoms with Crippen LogP contribution in [-0.2, 0) is 22.7 Å². The molecule has 178 valence electrons. The second kappa shape index (κ2) is 10.3. The summed E-state index contributed by atoms with van der Waals surface area (Å²) >= 11 is 1.64. The monoisotopic (exact) mass is 469 g/mol. The third kappa shape index (κ3) is 5.25. The molecule has 33 heavy (non-hydrogen) atoms. The number of amides is 2. The highest BCUT2D eigenvalue weighted by atomic mass is 32.1. The van der Waals surface area contributed by atoms with E-state index in [9.17, 15) is 9.59 Å². The van der Waals surface area contributed by atoms with Gasteiger partial charge in [-0.15, -0.1) is 11.3 Å². The molecule has 0 bridgehead atoms. The zero-order valence-electron chi connectivity index (χ0n) is 19.9. The molecule has 1 unspecified atom stereocenters. The standard InChI is InChI=1S/C26H35N3O3S/c1-4-32-21-9-7-20(8-10-21)17-28-13-11-26(12-14-28)25(31)27-23(16-19(2)3)24(30)29(26)18-22-6-5-15-33-22/h5-10,15,19,23H,4,11-14,16-18H2,1-3H3,(H,27,31). The summed E-state index contributed by atoms with van der Waals surface area (Å²) in [6, 6.07) is 11.9. The topological polar surface area (TPSA) is 61.9 Å². The molecular formula is C26H35N3O3S. The van der Waals surface area contributed by atoms with Crippen molar-refractivity contribution in [3.8, 4) is 5.75 Å². The van der Waals surface area contributed by atoms with Crippen molar-refractivity contribution in [1.29, 1.82) is 0 Å². The highest BCUT2D eigenvalue weighted by Crippen LogP contribution is 2.36. The van der Waals surface area contributed by atoms with Crippen LogP contribution in [0.5, 0.6) is 5.75 Å². The number of carbonyl (C=O) groups is 2. The molecule has 1 aromatic heterocycles. The van der Waals surface area contributed by atoms with E-state index < -0.39 is 11.6 Å². The van der Waals surface area contributed by atoms with E-state index >= 15 is 0 Å². The van der Waals surface area contributed by atoms with Crippen LogP contribution in [0, 0.1) is 5.92 Å². The Morgan fingerprint density at radius 1 is 1.12 bits per heavy atom. The maximum absolute atomic E-state index is 13.6. The van der Waals surface area contributed by atoms with Crippen molar-refractivity contribution in [1.82, 2.24) is 15.1 Å². The molecule has 3 heterocycles. The number of nitrogens with zero attached hydrogens (tertiary/aromatic N) is 2. The predicted molar refractivity (Wildman–Crippen MR) is 131 cm³/mol. The molecule has 2 aliphatic heterocycles. The Hall–Kier alpha value is -2.38. The van der Waals surface area contributed by atoms with Crippen LogP contribution in [-0.4, -0.2) is 52.9 Å². The van der Waals surface area contributed by atoms with Crippen molar-refractivity contribution in [2.24, 2.45) is 5.92 Å². The molecule has 2 saturated heterocycles. The molecule has 0 radical (unpaired) electrons. The van der Waals surface area contributed by atoms with Crippen molar-refractivity contribution in [2.45, 2.75) is 64.7 Å². The van der Waals surface area contributed by atoms with Crippen LogP contribution in [0.15, 0.2) is 41.8 Å². The summed E-state index contributed by atoms with van der Waals surface area (Å²) < 4.78 is 5.54. The van der Waals surface area contributed by atoms with Gasteiger partial charge < -0.3 is 15.0 Å². The van der Waals surface area contributed by atoms with Gasteiger partial charge in [0.25, 0.3) is 0 Å². The van der Waals surface area contributed by atoms with Crippen LogP contribution in [0.3, 0.4) is 0 Å². The van der Waals surface area contributed by atoms with Crippen molar-refractivity contribution >= 4 is 23.2 Å². The number of rotatable bonds is 8. The smallest absolute Gasteiger partial charge is 0.246 e. The van der Waals surface area contributed by atoms with E-state index in [2.05, 4.69) is 42.3 Å². The number of nitrogens with one attached hydrogen (secondary N) is 1. The van der Waals surface area contributed by atoms with Gasteiger partial charge in [0.2, 0.25) is 11.8 Å². The molecule has 1 aromatic carbocycles. The Morgan fingerprint density at radius 3 is 2.45 bits per heavy atom. The van der Waals surface area contributed by atoms with Gasteiger partial charge in [0, 0.05) is 24.5 Å². The summed E-state index contributed by atoms with van der Waals surface area (Å²) in [5, 5.41) is 5.12. The van der Waals surface area contributed by atoms with Crippen LogP contribution in [0.1, 0.15) is 50.5 Å². The van der Waals surface area contributed by atoms with Gasteiger partial charge in [-0.2, -0.15) is 0 Å². The number of carbonyl (C=O) groups excluding carboxylic acids is 2. The molecular weight excluding hydrogens is 434 g/mol. The van der Waals surface area contributed by atoms with Crippen LogP contribution in [0.25, 0.3) is 0 Å². The highest BCUT2D eigenvalue weighted by Gasteiger charge is 2.53. The van der Waals surface area contributed by atoms with Crippen molar-refractivity contribution < 1.29 is 14.3 Å². The van der Waals surface area contributed by atoms with Gasteiger partial charge in [-0.3, -0.25) is 14.5 Å². The first-order valence-electron chi connectivity index (χ1n) is 12.0. The quantitative estimate of drug-likeness (QED) is 0.634. The molecule has 1 N–H and O–H groups in total. The van der Waals surface area contributed by atoms with Gasteiger partial charge in [-0.1, -0.05) is 32.0 Å². The summed E-state index contributed by atoms with van der Waals surface area (Å²) in [5.74, 6) is 1.31. The second-order valence-corrected chi connectivity index (χ2v) is 10.6. The molecule has 2 amide bonds. The largest absolute Gasteiger partial charge is 0.494 e. The molecule has 1 spiro atoms. The average Bonchev–Trinajstić information content (AvgIpc) is 3.31. The molecule has 4 rings (SSSR count). The summed E-state index contributed by atoms with van der Waals surface area (Å²) in [7, 11) is 0. The van der Waals surface area contributed by atoms with Gasteiger partial charge in [-0.25, -0.2) is 0 Å². The lowest BCUT2D eigenvalue weighted by molar-refractivity contribution is -0.162. The number of ether oxygens (including phenoxy) is 1. The number of hydrogen-bond donors (Lipinski definition) is 1. The van der Waals surface area contributed by atoms with Crippen molar-refractivity contribution in [3.05, 3.63) is 52.2 Å². The van der Waals surface area contributed by atoms with E-state index in [1.807, 2.05) is 35.4 Å². The van der Waals surface area contributed by atoms with E-state index in [0.29, 0.717) is 38.3 Å². The minimum atomic E-state index is -0.760. The van der Waals surface area contributed by atoms with Crippen molar-refractivity contribution in [3.63, 3.8) is 0 Å². The van der Waals surface area contributed by atoms with E-state index in [4.69, 9.17) is 4.74 Å². The summed E-state index contributed by atoms with van der Waals surface area (Å²) in [5.41, 5.74) is 0.468. The molecule has 2 aromatic rings. The predicted octanol–water partition coefficient (Wildman–Crippen LogP) is 4.05.